The lowest BCUT2D eigenvalue weighted by atomic mass is 10.0. The van der Waals surface area contributed by atoms with Crippen LogP contribution in [0.3, 0.4) is 0 Å². The van der Waals surface area contributed by atoms with Crippen molar-refractivity contribution in [2.45, 2.75) is 19.9 Å². The van der Waals surface area contributed by atoms with Gasteiger partial charge in [0.05, 0.1) is 13.2 Å². The fraction of sp³-hybridized carbons (Fsp3) is 0.929. The molecule has 0 aromatic carbocycles. The molecule has 0 bridgehead atoms. The molecule has 0 aromatic rings. The van der Waals surface area contributed by atoms with E-state index in [0.29, 0.717) is 17.9 Å². The van der Waals surface area contributed by atoms with Gasteiger partial charge in [-0.1, -0.05) is 0 Å². The van der Waals surface area contributed by atoms with Crippen molar-refractivity contribution in [3.8, 4) is 0 Å². The molecular formula is C14H25N3O2. The minimum absolute atomic E-state index is 0.248. The molecule has 3 aliphatic heterocycles. The summed E-state index contributed by atoms with van der Waals surface area (Å²) in [5.74, 6) is 1.17. The molecule has 5 heteroatoms. The van der Waals surface area contributed by atoms with Crippen LogP contribution in [0.1, 0.15) is 13.8 Å². The third-order valence-corrected chi connectivity index (χ3v) is 4.83. The molecule has 108 valence electrons. The molecular weight excluding hydrogens is 242 g/mol. The number of hydrogen-bond acceptors (Lipinski definition) is 3. The Hall–Kier alpha value is -0.810. The smallest absolute Gasteiger partial charge is 0.320 e. The second-order valence-corrected chi connectivity index (χ2v) is 6.36. The molecule has 3 fully saturated rings. The molecule has 0 aliphatic carbocycles. The average Bonchev–Trinajstić information content (AvgIpc) is 2.98. The number of rotatable bonds is 1. The summed E-state index contributed by atoms with van der Waals surface area (Å²) in [5, 5.41) is 0. The maximum absolute atomic E-state index is 12.5. The first-order chi connectivity index (χ1) is 9.15. The molecule has 0 aromatic heterocycles. The number of piperazine rings is 1. The Kier molecular flexibility index (Phi) is 3.67. The van der Waals surface area contributed by atoms with Crippen molar-refractivity contribution in [2.75, 3.05) is 52.5 Å². The van der Waals surface area contributed by atoms with Crippen molar-refractivity contribution in [1.29, 1.82) is 0 Å². The van der Waals surface area contributed by atoms with Gasteiger partial charge in [-0.2, -0.15) is 0 Å². The Morgan fingerprint density at radius 1 is 1.00 bits per heavy atom. The monoisotopic (exact) mass is 267 g/mol. The van der Waals surface area contributed by atoms with Gasteiger partial charge in [0, 0.05) is 57.1 Å². The molecule has 0 N–H and O–H groups in total. The molecule has 0 radical (unpaired) electrons. The van der Waals surface area contributed by atoms with Gasteiger partial charge in [-0.25, -0.2) is 4.79 Å². The highest BCUT2D eigenvalue weighted by molar-refractivity contribution is 5.75. The number of carbonyl (C=O) groups is 1. The van der Waals surface area contributed by atoms with Crippen molar-refractivity contribution in [1.82, 2.24) is 14.7 Å². The standard InChI is InChI=1S/C14H25N3O2/c1-11(2)15-3-5-16(6-4-15)14(18)17-7-12-9-19-10-13(12)8-17/h11-13H,3-10H2,1-2H3. The zero-order valence-corrected chi connectivity index (χ0v) is 12.0. The summed E-state index contributed by atoms with van der Waals surface area (Å²) >= 11 is 0. The highest BCUT2D eigenvalue weighted by Crippen LogP contribution is 2.29. The van der Waals surface area contributed by atoms with Gasteiger partial charge in [0.25, 0.3) is 0 Å². The van der Waals surface area contributed by atoms with Crippen LogP contribution in [0.2, 0.25) is 0 Å². The van der Waals surface area contributed by atoms with E-state index in [0.717, 1.165) is 52.5 Å². The van der Waals surface area contributed by atoms with Gasteiger partial charge in [-0.15, -0.1) is 0 Å². The van der Waals surface area contributed by atoms with Crippen molar-refractivity contribution < 1.29 is 9.53 Å². The Balaban J connectivity index is 1.52. The molecule has 3 saturated heterocycles. The van der Waals surface area contributed by atoms with Crippen molar-refractivity contribution >= 4 is 6.03 Å². The van der Waals surface area contributed by atoms with E-state index in [2.05, 4.69) is 18.7 Å². The van der Waals surface area contributed by atoms with E-state index < -0.39 is 0 Å². The second-order valence-electron chi connectivity index (χ2n) is 6.36. The largest absolute Gasteiger partial charge is 0.381 e. The van der Waals surface area contributed by atoms with Crippen molar-refractivity contribution in [2.24, 2.45) is 11.8 Å². The van der Waals surface area contributed by atoms with Crippen LogP contribution in [-0.4, -0.2) is 79.3 Å². The Bertz CT molecular complexity index is 328. The lowest BCUT2D eigenvalue weighted by Gasteiger charge is -2.38. The zero-order chi connectivity index (χ0) is 13.4. The topological polar surface area (TPSA) is 36.0 Å². The number of amides is 2. The fourth-order valence-electron chi connectivity index (χ4n) is 3.47. The van der Waals surface area contributed by atoms with Gasteiger partial charge in [0.2, 0.25) is 0 Å². The number of urea groups is 1. The van der Waals surface area contributed by atoms with Crippen LogP contribution in [0.5, 0.6) is 0 Å². The predicted molar refractivity (Wildman–Crippen MR) is 73.1 cm³/mol. The number of nitrogens with zero attached hydrogens (tertiary/aromatic N) is 3. The van der Waals surface area contributed by atoms with Crippen molar-refractivity contribution in [3.05, 3.63) is 0 Å². The normalized spacial score (nSPS) is 32.2. The lowest BCUT2D eigenvalue weighted by molar-refractivity contribution is 0.0969. The van der Waals surface area contributed by atoms with E-state index in [1.165, 1.54) is 0 Å². The van der Waals surface area contributed by atoms with E-state index in [1.54, 1.807) is 0 Å². The molecule has 0 spiro atoms. The number of likely N-dealkylation sites (tertiary alicyclic amines) is 1. The predicted octanol–water partition coefficient (Wildman–Crippen LogP) is 0.711. The molecule has 3 aliphatic rings. The molecule has 19 heavy (non-hydrogen) atoms. The zero-order valence-electron chi connectivity index (χ0n) is 12.0. The van der Waals surface area contributed by atoms with Crippen molar-refractivity contribution in [3.63, 3.8) is 0 Å². The summed E-state index contributed by atoms with van der Waals surface area (Å²) in [7, 11) is 0. The highest BCUT2D eigenvalue weighted by Gasteiger charge is 2.40. The quantitative estimate of drug-likeness (QED) is 0.702. The maximum Gasteiger partial charge on any atom is 0.320 e. The van der Waals surface area contributed by atoms with Gasteiger partial charge in [0.1, 0.15) is 0 Å². The van der Waals surface area contributed by atoms with Crippen LogP contribution < -0.4 is 0 Å². The first-order valence-corrected chi connectivity index (χ1v) is 7.51. The van der Waals surface area contributed by atoms with Crippen LogP contribution >= 0.6 is 0 Å². The van der Waals surface area contributed by atoms with Gasteiger partial charge < -0.3 is 14.5 Å². The van der Waals surface area contributed by atoms with Crippen LogP contribution in [0.25, 0.3) is 0 Å². The van der Waals surface area contributed by atoms with Crippen LogP contribution in [-0.2, 0) is 4.74 Å². The summed E-state index contributed by atoms with van der Waals surface area (Å²) in [6.07, 6.45) is 0. The minimum atomic E-state index is 0.248. The molecule has 3 rings (SSSR count). The van der Waals surface area contributed by atoms with E-state index in [1.807, 2.05) is 9.80 Å². The number of ether oxygens (including phenoxy) is 1. The first kappa shape index (κ1) is 13.2. The number of carbonyl (C=O) groups excluding carboxylic acids is 1. The minimum Gasteiger partial charge on any atom is -0.381 e. The third kappa shape index (κ3) is 2.58. The van der Waals surface area contributed by atoms with Crippen LogP contribution in [0.4, 0.5) is 4.79 Å². The highest BCUT2D eigenvalue weighted by atomic mass is 16.5. The Labute approximate surface area is 115 Å². The van der Waals surface area contributed by atoms with Gasteiger partial charge in [-0.3, -0.25) is 4.90 Å². The van der Waals surface area contributed by atoms with Crippen LogP contribution in [0, 0.1) is 11.8 Å². The molecule has 2 amide bonds. The summed E-state index contributed by atoms with van der Waals surface area (Å²) in [4.78, 5) is 19.0. The van der Waals surface area contributed by atoms with E-state index in [9.17, 15) is 4.79 Å². The average molecular weight is 267 g/mol. The maximum atomic E-state index is 12.5. The summed E-state index contributed by atoms with van der Waals surface area (Å²) in [6.45, 7) is 11.7. The third-order valence-electron chi connectivity index (χ3n) is 4.83. The fourth-order valence-corrected chi connectivity index (χ4v) is 3.47. The lowest BCUT2D eigenvalue weighted by Crippen LogP contribution is -2.54. The van der Waals surface area contributed by atoms with Crippen LogP contribution in [0.15, 0.2) is 0 Å². The number of fused-ring (bicyclic) bond motifs is 1. The summed E-state index contributed by atoms with van der Waals surface area (Å²) < 4.78 is 5.47. The van der Waals surface area contributed by atoms with Gasteiger partial charge in [-0.05, 0) is 13.8 Å². The molecule has 2 atom stereocenters. The molecule has 2 unspecified atom stereocenters. The number of hydrogen-bond donors (Lipinski definition) is 0. The van der Waals surface area contributed by atoms with Gasteiger partial charge >= 0.3 is 6.03 Å². The molecule has 5 nitrogen and oxygen atoms in total. The SMILES string of the molecule is CC(C)N1CCN(C(=O)N2CC3COCC3C2)CC1. The summed E-state index contributed by atoms with van der Waals surface area (Å²) in [5.41, 5.74) is 0. The Morgan fingerprint density at radius 2 is 1.58 bits per heavy atom. The molecule has 0 saturated carbocycles. The first-order valence-electron chi connectivity index (χ1n) is 7.51. The van der Waals surface area contributed by atoms with Gasteiger partial charge in [0.15, 0.2) is 0 Å². The second kappa shape index (κ2) is 5.29. The Morgan fingerprint density at radius 3 is 2.11 bits per heavy atom. The van der Waals surface area contributed by atoms with E-state index in [4.69, 9.17) is 4.74 Å². The molecule has 3 heterocycles. The van der Waals surface area contributed by atoms with E-state index in [-0.39, 0.29) is 6.03 Å². The van der Waals surface area contributed by atoms with E-state index >= 15 is 0 Å². The summed E-state index contributed by atoms with van der Waals surface area (Å²) in [6, 6.07) is 0.832.